The van der Waals surface area contributed by atoms with Gasteiger partial charge < -0.3 is 0 Å². The van der Waals surface area contributed by atoms with Gasteiger partial charge in [0.1, 0.15) is 0 Å². The first-order valence-corrected chi connectivity index (χ1v) is 13.4. The lowest BCUT2D eigenvalue weighted by molar-refractivity contribution is -0.117. The first kappa shape index (κ1) is 22.6. The summed E-state index contributed by atoms with van der Waals surface area (Å²) in [5, 5.41) is 0. The second-order valence-electron chi connectivity index (χ2n) is 12.7. The number of fused-ring (bicyclic) bond motifs is 5. The van der Waals surface area contributed by atoms with Crippen LogP contribution in [0.2, 0.25) is 0 Å². The molecule has 3 fully saturated rings. The van der Waals surface area contributed by atoms with Gasteiger partial charge in [0.05, 0.1) is 0 Å². The molecule has 0 radical (unpaired) electrons. The van der Waals surface area contributed by atoms with Gasteiger partial charge in [-0.15, -0.1) is 0 Å². The summed E-state index contributed by atoms with van der Waals surface area (Å²) in [5.74, 6) is 6.63. The molecule has 3 saturated carbocycles. The van der Waals surface area contributed by atoms with E-state index < -0.39 is 0 Å². The molecular formula is C29H48O. The molecule has 1 nitrogen and oxygen atoms in total. The highest BCUT2D eigenvalue weighted by atomic mass is 16.1. The molecule has 0 N–H and O–H groups in total. The molecule has 170 valence electrons. The minimum Gasteiger partial charge on any atom is -0.295 e. The third-order valence-corrected chi connectivity index (χ3v) is 11.2. The van der Waals surface area contributed by atoms with Crippen molar-refractivity contribution in [2.24, 2.45) is 52.3 Å². The maximum atomic E-state index is 12.1. The van der Waals surface area contributed by atoms with Crippen LogP contribution in [0.1, 0.15) is 112 Å². The maximum absolute atomic E-state index is 12.1. The molecule has 0 aliphatic heterocycles. The highest BCUT2D eigenvalue weighted by molar-refractivity contribution is 5.91. The molecule has 8 atom stereocenters. The van der Waals surface area contributed by atoms with Crippen LogP contribution < -0.4 is 0 Å². The average Bonchev–Trinajstić information content (AvgIpc) is 3.06. The quantitative estimate of drug-likeness (QED) is 0.429. The van der Waals surface area contributed by atoms with Gasteiger partial charge in [-0.1, -0.05) is 60.0 Å². The van der Waals surface area contributed by atoms with Crippen molar-refractivity contribution in [1.82, 2.24) is 0 Å². The van der Waals surface area contributed by atoms with Gasteiger partial charge in [0.15, 0.2) is 5.78 Å². The van der Waals surface area contributed by atoms with E-state index in [1.54, 1.807) is 0 Å². The molecule has 0 heterocycles. The van der Waals surface area contributed by atoms with Crippen LogP contribution in [0.15, 0.2) is 11.6 Å². The predicted octanol–water partition coefficient (Wildman–Crippen LogP) is 8.23. The second-order valence-corrected chi connectivity index (χ2v) is 12.7. The molecule has 4 aliphatic rings. The summed E-state index contributed by atoms with van der Waals surface area (Å²) in [5.41, 5.74) is 2.42. The van der Waals surface area contributed by atoms with Crippen LogP contribution in [0.5, 0.6) is 0 Å². The lowest BCUT2D eigenvalue weighted by atomic mass is 9.46. The standard InChI is InChI=1S/C29H48O/c1-7-21(19(2)3)9-8-20(4)25-12-13-26-24-11-10-22-18-23(30)14-16-28(22,5)27(24)15-17-29(25,26)6/h18-21,24-27H,7-17H2,1-6H3/t20-,21-,24+,25?,26+,27+,28+,29-/m1/s1. The molecular weight excluding hydrogens is 364 g/mol. The number of carbonyl (C=O) groups excluding carboxylic acids is 1. The van der Waals surface area contributed by atoms with Crippen molar-refractivity contribution in [2.75, 3.05) is 0 Å². The maximum Gasteiger partial charge on any atom is 0.155 e. The topological polar surface area (TPSA) is 17.1 Å². The zero-order valence-electron chi connectivity index (χ0n) is 20.8. The minimum absolute atomic E-state index is 0.327. The molecule has 0 amide bonds. The van der Waals surface area contributed by atoms with E-state index in [0.717, 1.165) is 54.3 Å². The van der Waals surface area contributed by atoms with Crippen LogP contribution in [0, 0.1) is 52.3 Å². The van der Waals surface area contributed by atoms with Crippen LogP contribution in [-0.4, -0.2) is 5.78 Å². The molecule has 0 aromatic carbocycles. The fourth-order valence-corrected chi connectivity index (χ4v) is 9.22. The van der Waals surface area contributed by atoms with Crippen LogP contribution in [0.4, 0.5) is 0 Å². The Kier molecular flexibility index (Phi) is 6.33. The SMILES string of the molecule is CC[C@H](CC[C@@H](C)C1CC[C@H]2[C@@H]3CCC4=CC(=O)CC[C@]4(C)[C@H]3CC[C@]12C)C(C)C. The third-order valence-electron chi connectivity index (χ3n) is 11.2. The van der Waals surface area contributed by atoms with E-state index in [1.807, 2.05) is 0 Å². The Morgan fingerprint density at radius 3 is 2.43 bits per heavy atom. The summed E-state index contributed by atoms with van der Waals surface area (Å²) in [7, 11) is 0. The monoisotopic (exact) mass is 412 g/mol. The first-order chi connectivity index (χ1) is 14.2. The Labute approximate surface area is 186 Å². The summed E-state index contributed by atoms with van der Waals surface area (Å²) >= 11 is 0. The van der Waals surface area contributed by atoms with Gasteiger partial charge in [-0.25, -0.2) is 0 Å². The largest absolute Gasteiger partial charge is 0.295 e. The second kappa shape index (κ2) is 8.40. The number of hydrogen-bond acceptors (Lipinski definition) is 1. The minimum atomic E-state index is 0.327. The molecule has 30 heavy (non-hydrogen) atoms. The molecule has 0 bridgehead atoms. The van der Waals surface area contributed by atoms with Gasteiger partial charge in [0, 0.05) is 6.42 Å². The summed E-state index contributed by atoms with van der Waals surface area (Å²) in [6.45, 7) is 15.0. The summed E-state index contributed by atoms with van der Waals surface area (Å²) in [6.07, 6.45) is 16.5. The van der Waals surface area contributed by atoms with Gasteiger partial charge in [-0.05, 0) is 110 Å². The van der Waals surface area contributed by atoms with E-state index in [1.165, 1.54) is 63.4 Å². The lowest BCUT2D eigenvalue weighted by Gasteiger charge is -2.58. The van der Waals surface area contributed by atoms with Crippen LogP contribution >= 0.6 is 0 Å². The number of allylic oxidation sites excluding steroid dienone is 1. The molecule has 0 saturated heterocycles. The van der Waals surface area contributed by atoms with Gasteiger partial charge in [0.25, 0.3) is 0 Å². The summed E-state index contributed by atoms with van der Waals surface area (Å²) in [6, 6.07) is 0. The highest BCUT2D eigenvalue weighted by Gasteiger charge is 2.59. The molecule has 0 spiro atoms. The Hall–Kier alpha value is -0.590. The van der Waals surface area contributed by atoms with Crippen LogP contribution in [-0.2, 0) is 4.79 Å². The van der Waals surface area contributed by atoms with Gasteiger partial charge in [-0.2, -0.15) is 0 Å². The van der Waals surface area contributed by atoms with E-state index >= 15 is 0 Å². The van der Waals surface area contributed by atoms with Crippen molar-refractivity contribution in [1.29, 1.82) is 0 Å². The molecule has 0 aromatic rings. The van der Waals surface area contributed by atoms with Crippen molar-refractivity contribution in [3.8, 4) is 0 Å². The molecule has 1 heteroatoms. The van der Waals surface area contributed by atoms with E-state index in [2.05, 4.69) is 47.6 Å². The van der Waals surface area contributed by atoms with E-state index in [-0.39, 0.29) is 0 Å². The molecule has 0 aromatic heterocycles. The van der Waals surface area contributed by atoms with Gasteiger partial charge >= 0.3 is 0 Å². The fraction of sp³-hybridized carbons (Fsp3) is 0.897. The predicted molar refractivity (Wildman–Crippen MR) is 127 cm³/mol. The number of carbonyl (C=O) groups is 1. The number of rotatable bonds is 6. The highest BCUT2D eigenvalue weighted by Crippen LogP contribution is 2.67. The molecule has 4 rings (SSSR count). The van der Waals surface area contributed by atoms with Crippen molar-refractivity contribution >= 4 is 5.78 Å². The fourth-order valence-electron chi connectivity index (χ4n) is 9.22. The van der Waals surface area contributed by atoms with E-state index in [0.29, 0.717) is 16.6 Å². The summed E-state index contributed by atoms with van der Waals surface area (Å²) in [4.78, 5) is 12.1. The first-order valence-electron chi connectivity index (χ1n) is 13.4. The Morgan fingerprint density at radius 2 is 1.73 bits per heavy atom. The normalized spacial score (nSPS) is 42.9. The van der Waals surface area contributed by atoms with Crippen LogP contribution in [0.3, 0.4) is 0 Å². The van der Waals surface area contributed by atoms with Crippen molar-refractivity contribution in [3.05, 3.63) is 11.6 Å². The third kappa shape index (κ3) is 3.65. The zero-order chi connectivity index (χ0) is 21.7. The van der Waals surface area contributed by atoms with Crippen molar-refractivity contribution in [2.45, 2.75) is 112 Å². The Balaban J connectivity index is 1.48. The van der Waals surface area contributed by atoms with Gasteiger partial charge in [-0.3, -0.25) is 4.79 Å². The lowest BCUT2D eigenvalue weighted by Crippen LogP contribution is -2.51. The van der Waals surface area contributed by atoms with Crippen molar-refractivity contribution in [3.63, 3.8) is 0 Å². The van der Waals surface area contributed by atoms with E-state index in [9.17, 15) is 4.79 Å². The average molecular weight is 413 g/mol. The van der Waals surface area contributed by atoms with E-state index in [4.69, 9.17) is 0 Å². The molecule has 1 unspecified atom stereocenters. The Bertz CT molecular complexity index is 674. The number of hydrogen-bond donors (Lipinski definition) is 0. The van der Waals surface area contributed by atoms with Crippen molar-refractivity contribution < 1.29 is 4.79 Å². The summed E-state index contributed by atoms with van der Waals surface area (Å²) < 4.78 is 0. The Morgan fingerprint density at radius 1 is 0.967 bits per heavy atom. The number of ketones is 1. The molecule has 4 aliphatic carbocycles. The van der Waals surface area contributed by atoms with Crippen LogP contribution in [0.25, 0.3) is 0 Å². The zero-order valence-corrected chi connectivity index (χ0v) is 20.8. The van der Waals surface area contributed by atoms with Gasteiger partial charge in [0.2, 0.25) is 0 Å². The smallest absolute Gasteiger partial charge is 0.155 e.